The third-order valence-corrected chi connectivity index (χ3v) is 7.56. The maximum Gasteiger partial charge on any atom is 0.161 e. The number of aromatic nitrogens is 7. The Balaban J connectivity index is 1.24. The van der Waals surface area contributed by atoms with Gasteiger partial charge in [-0.15, -0.1) is 0 Å². The lowest BCUT2D eigenvalue weighted by molar-refractivity contribution is 0.489. The Labute approximate surface area is 224 Å². The first-order valence-electron chi connectivity index (χ1n) is 13.3. The standard InChI is InChI=1S/C30H27FN8/c31-26-25-24(17-35-27(26)21-11-19(14-34-16-21)13-33-12-18-5-1-2-6-18)38-39-29(25)30-36-23-9-3-8-22(28(23)37-30)20-7-4-10-32-15-20/h3-4,7-11,14-18,33H,1-2,5-6,12-13H2,(H,36,37)(H,38,39). The van der Waals surface area contributed by atoms with Crippen molar-refractivity contribution < 1.29 is 4.39 Å². The molecule has 3 N–H and O–H groups in total. The largest absolute Gasteiger partial charge is 0.337 e. The highest BCUT2D eigenvalue weighted by Gasteiger charge is 2.21. The van der Waals surface area contributed by atoms with Crippen LogP contribution in [0.25, 0.3) is 55.8 Å². The molecule has 6 aromatic rings. The number of pyridine rings is 3. The lowest BCUT2D eigenvalue weighted by Gasteiger charge is -2.11. The van der Waals surface area contributed by atoms with Crippen molar-refractivity contribution in [3.05, 3.63) is 78.8 Å². The number of halogens is 1. The summed E-state index contributed by atoms with van der Waals surface area (Å²) in [5.74, 6) is 0.773. The minimum absolute atomic E-state index is 0.238. The molecule has 0 amide bonds. The molecule has 5 aromatic heterocycles. The highest BCUT2D eigenvalue weighted by Crippen LogP contribution is 2.34. The van der Waals surface area contributed by atoms with E-state index in [2.05, 4.69) is 35.5 Å². The molecule has 0 bridgehead atoms. The molecule has 194 valence electrons. The average Bonchev–Trinajstić information content (AvgIpc) is 3.73. The second kappa shape index (κ2) is 9.99. The first kappa shape index (κ1) is 23.6. The van der Waals surface area contributed by atoms with E-state index in [1.165, 1.54) is 25.7 Å². The van der Waals surface area contributed by atoms with Gasteiger partial charge in [0, 0.05) is 48.0 Å². The van der Waals surface area contributed by atoms with Crippen LogP contribution in [0.1, 0.15) is 31.2 Å². The van der Waals surface area contributed by atoms with Gasteiger partial charge < -0.3 is 10.3 Å². The number of imidazole rings is 1. The summed E-state index contributed by atoms with van der Waals surface area (Å²) in [6.45, 7) is 1.69. The Bertz CT molecular complexity index is 1770. The van der Waals surface area contributed by atoms with Crippen LogP contribution < -0.4 is 5.32 Å². The summed E-state index contributed by atoms with van der Waals surface area (Å²) in [5.41, 5.74) is 6.27. The highest BCUT2D eigenvalue weighted by molar-refractivity contribution is 5.98. The number of fused-ring (bicyclic) bond motifs is 2. The quantitative estimate of drug-likeness (QED) is 0.238. The van der Waals surface area contributed by atoms with E-state index in [1.807, 2.05) is 42.6 Å². The predicted octanol–water partition coefficient (Wildman–Crippen LogP) is 6.04. The number of nitrogens with one attached hydrogen (secondary N) is 3. The van der Waals surface area contributed by atoms with Crippen molar-refractivity contribution in [2.24, 2.45) is 5.92 Å². The molecule has 1 aromatic carbocycles. The SMILES string of the molecule is Fc1c(-c2cncc(CNCC3CCCC3)c2)ncc2[nH]nc(-c3nc4c(-c5cccnc5)cccc4[nH]3)c12. The number of hydrogen-bond acceptors (Lipinski definition) is 6. The van der Waals surface area contributed by atoms with Gasteiger partial charge in [-0.05, 0) is 49.1 Å². The van der Waals surface area contributed by atoms with Crippen LogP contribution in [-0.4, -0.2) is 41.7 Å². The number of hydrogen-bond donors (Lipinski definition) is 3. The van der Waals surface area contributed by atoms with Gasteiger partial charge in [0.1, 0.15) is 11.4 Å². The topological polar surface area (TPSA) is 108 Å². The van der Waals surface area contributed by atoms with E-state index in [4.69, 9.17) is 4.98 Å². The van der Waals surface area contributed by atoms with Crippen molar-refractivity contribution in [2.45, 2.75) is 32.2 Å². The van der Waals surface area contributed by atoms with Crippen LogP contribution in [0.3, 0.4) is 0 Å². The third-order valence-electron chi connectivity index (χ3n) is 7.56. The minimum atomic E-state index is -0.456. The van der Waals surface area contributed by atoms with E-state index in [9.17, 15) is 0 Å². The molecule has 0 aliphatic heterocycles. The van der Waals surface area contributed by atoms with Gasteiger partial charge in [0.05, 0.1) is 28.1 Å². The Morgan fingerprint density at radius 2 is 1.82 bits per heavy atom. The molecule has 1 fully saturated rings. The number of benzene rings is 1. The van der Waals surface area contributed by atoms with Crippen LogP contribution in [0.4, 0.5) is 4.39 Å². The normalized spacial score (nSPS) is 14.1. The minimum Gasteiger partial charge on any atom is -0.337 e. The summed E-state index contributed by atoms with van der Waals surface area (Å²) in [6, 6.07) is 11.7. The molecule has 0 spiro atoms. The molecular weight excluding hydrogens is 491 g/mol. The lowest BCUT2D eigenvalue weighted by Crippen LogP contribution is -2.20. The molecule has 7 rings (SSSR count). The van der Waals surface area contributed by atoms with Crippen molar-refractivity contribution in [1.29, 1.82) is 0 Å². The van der Waals surface area contributed by atoms with Gasteiger partial charge in [0.2, 0.25) is 0 Å². The molecule has 8 nitrogen and oxygen atoms in total. The number of rotatable bonds is 7. The van der Waals surface area contributed by atoms with E-state index >= 15 is 4.39 Å². The van der Waals surface area contributed by atoms with Crippen LogP contribution in [0.5, 0.6) is 0 Å². The zero-order valence-corrected chi connectivity index (χ0v) is 21.3. The fourth-order valence-electron chi connectivity index (χ4n) is 5.60. The summed E-state index contributed by atoms with van der Waals surface area (Å²) in [5, 5.41) is 11.2. The Morgan fingerprint density at radius 1 is 0.923 bits per heavy atom. The summed E-state index contributed by atoms with van der Waals surface area (Å²) >= 11 is 0. The molecule has 9 heteroatoms. The van der Waals surface area contributed by atoms with Gasteiger partial charge in [-0.25, -0.2) is 9.37 Å². The maximum atomic E-state index is 16.1. The Hall–Kier alpha value is -4.50. The fraction of sp³-hybridized carbons (Fsp3) is 0.233. The van der Waals surface area contributed by atoms with Crippen molar-refractivity contribution >= 4 is 21.9 Å². The maximum absolute atomic E-state index is 16.1. The van der Waals surface area contributed by atoms with Crippen molar-refractivity contribution in [1.82, 2.24) is 40.4 Å². The number of H-pyrrole nitrogens is 2. The van der Waals surface area contributed by atoms with E-state index < -0.39 is 5.82 Å². The van der Waals surface area contributed by atoms with Crippen LogP contribution in [0.15, 0.2) is 67.4 Å². The molecule has 0 atom stereocenters. The second-order valence-electron chi connectivity index (χ2n) is 10.2. The number of nitrogens with zero attached hydrogens (tertiary/aromatic N) is 5. The molecule has 1 aliphatic rings. The molecule has 39 heavy (non-hydrogen) atoms. The molecular formula is C30H27FN8. The van der Waals surface area contributed by atoms with Crippen LogP contribution >= 0.6 is 0 Å². The van der Waals surface area contributed by atoms with Gasteiger partial charge in [0.15, 0.2) is 11.6 Å². The van der Waals surface area contributed by atoms with Crippen LogP contribution in [0.2, 0.25) is 0 Å². The van der Waals surface area contributed by atoms with Crippen molar-refractivity contribution in [3.63, 3.8) is 0 Å². The number of aromatic amines is 2. The number of para-hydroxylation sites is 1. The van der Waals surface area contributed by atoms with E-state index in [0.717, 1.165) is 40.2 Å². The molecule has 0 radical (unpaired) electrons. The predicted molar refractivity (Wildman–Crippen MR) is 149 cm³/mol. The monoisotopic (exact) mass is 518 g/mol. The zero-order chi connectivity index (χ0) is 26.2. The molecule has 0 saturated heterocycles. The van der Waals surface area contributed by atoms with Gasteiger partial charge >= 0.3 is 0 Å². The summed E-state index contributed by atoms with van der Waals surface area (Å²) in [7, 11) is 0. The molecule has 1 aliphatic carbocycles. The first-order chi connectivity index (χ1) is 19.2. The van der Waals surface area contributed by atoms with Crippen LogP contribution in [-0.2, 0) is 6.54 Å². The van der Waals surface area contributed by atoms with Gasteiger partial charge in [-0.1, -0.05) is 31.0 Å². The van der Waals surface area contributed by atoms with Gasteiger partial charge in [-0.2, -0.15) is 5.10 Å². The van der Waals surface area contributed by atoms with E-state index in [1.54, 1.807) is 24.8 Å². The summed E-state index contributed by atoms with van der Waals surface area (Å²) in [4.78, 5) is 21.2. The first-order valence-corrected chi connectivity index (χ1v) is 13.3. The Morgan fingerprint density at radius 3 is 2.69 bits per heavy atom. The Kier molecular flexibility index (Phi) is 6.05. The summed E-state index contributed by atoms with van der Waals surface area (Å²) in [6.07, 6.45) is 13.9. The summed E-state index contributed by atoms with van der Waals surface area (Å²) < 4.78 is 16.1. The van der Waals surface area contributed by atoms with Gasteiger partial charge in [0.25, 0.3) is 0 Å². The molecule has 1 saturated carbocycles. The van der Waals surface area contributed by atoms with Gasteiger partial charge in [-0.3, -0.25) is 20.1 Å². The highest BCUT2D eigenvalue weighted by atomic mass is 19.1. The molecule has 5 heterocycles. The second-order valence-corrected chi connectivity index (χ2v) is 10.2. The lowest BCUT2D eigenvalue weighted by atomic mass is 10.1. The van der Waals surface area contributed by atoms with Crippen LogP contribution in [0, 0.1) is 11.7 Å². The van der Waals surface area contributed by atoms with E-state index in [-0.39, 0.29) is 5.69 Å². The van der Waals surface area contributed by atoms with E-state index in [0.29, 0.717) is 34.5 Å². The smallest absolute Gasteiger partial charge is 0.161 e. The zero-order valence-electron chi connectivity index (χ0n) is 21.3. The average molecular weight is 519 g/mol. The van der Waals surface area contributed by atoms with Crippen molar-refractivity contribution in [2.75, 3.05) is 6.54 Å². The fourth-order valence-corrected chi connectivity index (χ4v) is 5.60. The van der Waals surface area contributed by atoms with Crippen molar-refractivity contribution in [3.8, 4) is 33.9 Å². The third kappa shape index (κ3) is 4.44. The molecule has 0 unspecified atom stereocenters.